The maximum absolute atomic E-state index is 12.9. The molecule has 150 valence electrons. The van der Waals surface area contributed by atoms with E-state index in [0.717, 1.165) is 64.1 Å². The molecule has 1 N–H and O–H groups in total. The van der Waals surface area contributed by atoms with Crippen LogP contribution in [0.4, 0.5) is 0 Å². The highest BCUT2D eigenvalue weighted by Gasteiger charge is 2.33. The Morgan fingerprint density at radius 1 is 1.19 bits per heavy atom. The Balaban J connectivity index is 1.50. The van der Waals surface area contributed by atoms with Crippen LogP contribution in [0.1, 0.15) is 37.7 Å². The van der Waals surface area contributed by atoms with E-state index in [0.29, 0.717) is 17.2 Å². The number of benzene rings is 1. The van der Waals surface area contributed by atoms with E-state index in [2.05, 4.69) is 0 Å². The van der Waals surface area contributed by atoms with E-state index in [9.17, 15) is 9.00 Å². The fraction of sp³-hybridized carbons (Fsp3) is 0.650. The van der Waals surface area contributed by atoms with E-state index in [1.54, 1.807) is 0 Å². The molecule has 0 spiro atoms. The third-order valence-electron chi connectivity index (χ3n) is 5.37. The SMILES string of the molecule is O=C(CC[NH+]1CCOCC1)OC1CCCCC1S(=O)Cc1ccc(Cl)cc1. The molecule has 0 bridgehead atoms. The molecular formula is C20H29ClNO4S+. The number of halogens is 1. The van der Waals surface area contributed by atoms with E-state index in [4.69, 9.17) is 21.1 Å². The minimum absolute atomic E-state index is 0.0749. The van der Waals surface area contributed by atoms with Gasteiger partial charge in [-0.25, -0.2) is 0 Å². The number of ether oxygens (including phenoxy) is 2. The lowest BCUT2D eigenvalue weighted by Gasteiger charge is -2.31. The van der Waals surface area contributed by atoms with Crippen molar-refractivity contribution >= 4 is 28.4 Å². The molecule has 1 heterocycles. The fourth-order valence-corrected chi connectivity index (χ4v) is 5.59. The fourth-order valence-electron chi connectivity index (χ4n) is 3.77. The summed E-state index contributed by atoms with van der Waals surface area (Å²) in [6.07, 6.45) is 3.94. The Labute approximate surface area is 168 Å². The minimum Gasteiger partial charge on any atom is -0.461 e. The quantitative estimate of drug-likeness (QED) is 0.690. The normalized spacial score (nSPS) is 25.1. The lowest BCUT2D eigenvalue weighted by molar-refractivity contribution is -0.907. The lowest BCUT2D eigenvalue weighted by Crippen LogP contribution is -3.14. The smallest absolute Gasteiger partial charge is 0.311 e. The van der Waals surface area contributed by atoms with Crippen LogP contribution in [0.25, 0.3) is 0 Å². The molecule has 3 rings (SSSR count). The van der Waals surface area contributed by atoms with Crippen LogP contribution in [0.3, 0.4) is 0 Å². The van der Waals surface area contributed by atoms with Crippen molar-refractivity contribution in [3.63, 3.8) is 0 Å². The minimum atomic E-state index is -1.06. The molecule has 1 aliphatic carbocycles. The summed E-state index contributed by atoms with van der Waals surface area (Å²) in [4.78, 5) is 13.7. The number of hydrogen-bond donors (Lipinski definition) is 1. The van der Waals surface area contributed by atoms with Gasteiger partial charge in [-0.05, 0) is 37.0 Å². The number of carbonyl (C=O) groups excluding carboxylic acids is 1. The number of hydrogen-bond acceptors (Lipinski definition) is 4. The Hall–Kier alpha value is -0.950. The summed E-state index contributed by atoms with van der Waals surface area (Å²) in [7, 11) is -1.06. The van der Waals surface area contributed by atoms with Gasteiger partial charge in [0, 0.05) is 21.6 Å². The molecule has 27 heavy (non-hydrogen) atoms. The summed E-state index contributed by atoms with van der Waals surface area (Å²) in [5, 5.41) is 0.602. The van der Waals surface area contributed by atoms with E-state index in [1.165, 1.54) is 4.90 Å². The summed E-state index contributed by atoms with van der Waals surface area (Å²) in [5.74, 6) is 0.322. The van der Waals surface area contributed by atoms with E-state index in [-0.39, 0.29) is 17.3 Å². The van der Waals surface area contributed by atoms with Crippen LogP contribution in [-0.2, 0) is 30.8 Å². The second-order valence-corrected chi connectivity index (χ2v) is 9.46. The Morgan fingerprint density at radius 2 is 1.89 bits per heavy atom. The van der Waals surface area contributed by atoms with Crippen molar-refractivity contribution in [3.05, 3.63) is 34.9 Å². The third kappa shape index (κ3) is 6.56. The van der Waals surface area contributed by atoms with Gasteiger partial charge in [0.15, 0.2) is 0 Å². The lowest BCUT2D eigenvalue weighted by atomic mass is 9.97. The number of rotatable bonds is 7. The average molecular weight is 415 g/mol. The van der Waals surface area contributed by atoms with Crippen molar-refractivity contribution in [1.82, 2.24) is 0 Å². The van der Waals surface area contributed by atoms with Gasteiger partial charge in [0.25, 0.3) is 0 Å². The van der Waals surface area contributed by atoms with Crippen LogP contribution in [0.5, 0.6) is 0 Å². The Morgan fingerprint density at radius 3 is 2.63 bits per heavy atom. The molecule has 3 atom stereocenters. The van der Waals surface area contributed by atoms with Crippen LogP contribution < -0.4 is 4.90 Å². The van der Waals surface area contributed by atoms with Crippen molar-refractivity contribution < 1.29 is 23.4 Å². The van der Waals surface area contributed by atoms with Gasteiger partial charge in [0.2, 0.25) is 0 Å². The van der Waals surface area contributed by atoms with Crippen molar-refractivity contribution in [3.8, 4) is 0 Å². The largest absolute Gasteiger partial charge is 0.461 e. The number of morpholine rings is 1. The number of esters is 1. The van der Waals surface area contributed by atoms with Gasteiger partial charge in [-0.3, -0.25) is 9.00 Å². The molecule has 1 aromatic rings. The topological polar surface area (TPSA) is 57.0 Å². The van der Waals surface area contributed by atoms with Crippen molar-refractivity contribution in [1.29, 1.82) is 0 Å². The van der Waals surface area contributed by atoms with Gasteiger partial charge in [-0.2, -0.15) is 0 Å². The standard InChI is InChI=1S/C20H28ClNO4S/c21-17-7-5-16(6-8-17)15-27(24)19-4-2-1-3-18(19)26-20(23)9-10-22-11-13-25-14-12-22/h5-8,18-19H,1-4,9-15H2/p+1. The molecule has 0 radical (unpaired) electrons. The van der Waals surface area contributed by atoms with Crippen molar-refractivity contribution in [2.75, 3.05) is 32.8 Å². The summed E-state index contributed by atoms with van der Waals surface area (Å²) >= 11 is 5.92. The summed E-state index contributed by atoms with van der Waals surface area (Å²) < 4.78 is 24.0. The highest BCUT2D eigenvalue weighted by atomic mass is 35.5. The van der Waals surface area contributed by atoms with Crippen molar-refractivity contribution in [2.45, 2.75) is 49.2 Å². The maximum atomic E-state index is 12.9. The summed E-state index contributed by atoms with van der Waals surface area (Å²) in [6, 6.07) is 7.46. The zero-order valence-corrected chi connectivity index (χ0v) is 17.2. The molecule has 3 unspecified atom stereocenters. The first kappa shape index (κ1) is 20.8. The predicted octanol–water partition coefficient (Wildman–Crippen LogP) is 1.75. The first-order valence-electron chi connectivity index (χ1n) is 9.84. The molecule has 2 aliphatic rings. The second-order valence-electron chi connectivity index (χ2n) is 7.37. The zero-order chi connectivity index (χ0) is 19.1. The third-order valence-corrected chi connectivity index (χ3v) is 7.45. The van der Waals surface area contributed by atoms with Crippen LogP contribution in [0.2, 0.25) is 5.02 Å². The van der Waals surface area contributed by atoms with Gasteiger partial charge in [0.05, 0.1) is 31.4 Å². The molecule has 7 heteroatoms. The average Bonchev–Trinajstić information content (AvgIpc) is 2.69. The number of carbonyl (C=O) groups is 1. The maximum Gasteiger partial charge on any atom is 0.311 e. The first-order chi connectivity index (χ1) is 13.1. The Kier molecular flexibility index (Phi) is 8.12. The van der Waals surface area contributed by atoms with E-state index < -0.39 is 10.8 Å². The summed E-state index contributed by atoms with van der Waals surface area (Å²) in [5.41, 5.74) is 1.00. The summed E-state index contributed by atoms with van der Waals surface area (Å²) in [6.45, 7) is 4.21. The van der Waals surface area contributed by atoms with Gasteiger partial charge >= 0.3 is 5.97 Å². The van der Waals surface area contributed by atoms with Crippen LogP contribution in [-0.4, -0.2) is 54.4 Å². The van der Waals surface area contributed by atoms with Crippen LogP contribution in [0, 0.1) is 0 Å². The molecule has 1 saturated carbocycles. The molecule has 1 aliphatic heterocycles. The highest BCUT2D eigenvalue weighted by Crippen LogP contribution is 2.27. The molecule has 5 nitrogen and oxygen atoms in total. The molecule has 0 amide bonds. The second kappa shape index (κ2) is 10.6. The van der Waals surface area contributed by atoms with Crippen LogP contribution in [0.15, 0.2) is 24.3 Å². The molecule has 2 fully saturated rings. The molecule has 1 saturated heterocycles. The van der Waals surface area contributed by atoms with Gasteiger partial charge in [-0.1, -0.05) is 30.2 Å². The van der Waals surface area contributed by atoms with E-state index >= 15 is 0 Å². The number of nitrogens with one attached hydrogen (secondary N) is 1. The molecular weight excluding hydrogens is 386 g/mol. The molecule has 1 aromatic carbocycles. The van der Waals surface area contributed by atoms with E-state index in [1.807, 2.05) is 24.3 Å². The zero-order valence-electron chi connectivity index (χ0n) is 15.7. The monoisotopic (exact) mass is 414 g/mol. The van der Waals surface area contributed by atoms with Gasteiger partial charge in [-0.15, -0.1) is 0 Å². The first-order valence-corrected chi connectivity index (χ1v) is 11.6. The number of quaternary nitrogens is 1. The Bertz CT molecular complexity index is 633. The van der Waals surface area contributed by atoms with Crippen molar-refractivity contribution in [2.24, 2.45) is 0 Å². The van der Waals surface area contributed by atoms with Gasteiger partial charge < -0.3 is 14.4 Å². The molecule has 0 aromatic heterocycles. The predicted molar refractivity (Wildman–Crippen MR) is 106 cm³/mol. The van der Waals surface area contributed by atoms with Crippen LogP contribution >= 0.6 is 11.6 Å². The van der Waals surface area contributed by atoms with Gasteiger partial charge in [0.1, 0.15) is 19.2 Å². The highest BCUT2D eigenvalue weighted by molar-refractivity contribution is 7.84.